The van der Waals surface area contributed by atoms with Crippen molar-refractivity contribution in [3.8, 4) is 17.2 Å². The molecule has 2 aliphatic rings. The first-order chi connectivity index (χ1) is 19.4. The second kappa shape index (κ2) is 14.2. The minimum absolute atomic E-state index is 0.0240. The van der Waals surface area contributed by atoms with Crippen LogP contribution in [0.5, 0.6) is 0 Å². The van der Waals surface area contributed by atoms with E-state index in [0.29, 0.717) is 55.0 Å². The Labute approximate surface area is 237 Å². The van der Waals surface area contributed by atoms with E-state index < -0.39 is 17.9 Å². The van der Waals surface area contributed by atoms with Crippen molar-refractivity contribution in [2.75, 3.05) is 26.2 Å². The highest BCUT2D eigenvalue weighted by Gasteiger charge is 2.31. The fraction of sp³-hybridized carbons (Fsp3) is 0.483. The first-order valence-electron chi connectivity index (χ1n) is 13.7. The minimum Gasteiger partial charge on any atom is -0.481 e. The lowest BCUT2D eigenvalue weighted by Gasteiger charge is -2.33. The van der Waals surface area contributed by atoms with Gasteiger partial charge in [0.2, 0.25) is 11.8 Å². The molecule has 0 bridgehead atoms. The second-order valence-electron chi connectivity index (χ2n) is 10.5. The monoisotopic (exact) mass is 567 g/mol. The number of hydrogen-bond donors (Lipinski definition) is 3. The molecule has 3 heterocycles. The Kier molecular flexibility index (Phi) is 10.5. The number of likely N-dealkylation sites (tertiary alicyclic amines) is 1. The summed E-state index contributed by atoms with van der Waals surface area (Å²) >= 11 is -0.0240. The van der Waals surface area contributed by atoms with Gasteiger partial charge in [-0.15, -0.1) is 0 Å². The van der Waals surface area contributed by atoms with E-state index in [0.717, 1.165) is 32.4 Å². The zero-order chi connectivity index (χ0) is 28.5. The van der Waals surface area contributed by atoms with Crippen LogP contribution in [0.15, 0.2) is 41.6 Å². The van der Waals surface area contributed by atoms with Crippen LogP contribution in [-0.2, 0) is 14.4 Å². The molecule has 11 heteroatoms. The molecule has 1 aromatic carbocycles. The van der Waals surface area contributed by atoms with Crippen LogP contribution in [0.2, 0.25) is 0 Å². The van der Waals surface area contributed by atoms with Crippen molar-refractivity contribution >= 4 is 29.9 Å². The number of carbonyl (C=O) groups excluding carboxylic acids is 2. The summed E-state index contributed by atoms with van der Waals surface area (Å²) in [6.45, 7) is 2.94. The highest BCUT2D eigenvalue weighted by molar-refractivity contribution is 7.94. The first kappa shape index (κ1) is 29.5. The van der Waals surface area contributed by atoms with Crippen LogP contribution < -0.4 is 10.6 Å². The van der Waals surface area contributed by atoms with Crippen LogP contribution in [0.3, 0.4) is 0 Å². The van der Waals surface area contributed by atoms with Crippen LogP contribution in [0.4, 0.5) is 3.89 Å². The number of piperidine rings is 2. The Balaban J connectivity index is 1.43. The van der Waals surface area contributed by atoms with E-state index >= 15 is 0 Å². The summed E-state index contributed by atoms with van der Waals surface area (Å²) in [5.41, 5.74) is 1.92. The lowest BCUT2D eigenvalue weighted by atomic mass is 9.92. The Morgan fingerprint density at radius 3 is 2.73 bits per heavy atom. The number of hydrogen-bond acceptors (Lipinski definition) is 7. The molecule has 0 saturated carbocycles. The molecule has 3 N–H and O–H groups in total. The number of aliphatic carboxylic acids is 1. The van der Waals surface area contributed by atoms with Crippen LogP contribution in [0.1, 0.15) is 62.1 Å². The van der Waals surface area contributed by atoms with E-state index in [1.165, 1.54) is 18.3 Å². The van der Waals surface area contributed by atoms with Gasteiger partial charge in [-0.3, -0.25) is 19.4 Å². The molecule has 9 nitrogen and oxygen atoms in total. The molecule has 0 aliphatic carbocycles. The molecule has 2 unspecified atom stereocenters. The quantitative estimate of drug-likeness (QED) is 0.388. The number of benzene rings is 1. The van der Waals surface area contributed by atoms with E-state index in [-0.39, 0.29) is 40.8 Å². The predicted molar refractivity (Wildman–Crippen MR) is 149 cm³/mol. The van der Waals surface area contributed by atoms with Gasteiger partial charge in [-0.1, -0.05) is 6.07 Å². The summed E-state index contributed by atoms with van der Waals surface area (Å²) in [5, 5.41) is 25.0. The van der Waals surface area contributed by atoms with Crippen molar-refractivity contribution < 1.29 is 23.4 Å². The van der Waals surface area contributed by atoms with E-state index in [1.54, 1.807) is 23.2 Å². The molecule has 1 aromatic heterocycles. The average molecular weight is 568 g/mol. The van der Waals surface area contributed by atoms with Gasteiger partial charge in [0.25, 0.3) is 0 Å². The number of halogens is 1. The number of carboxylic acid groups (broad SMARTS) is 1. The van der Waals surface area contributed by atoms with Gasteiger partial charge in [0.05, 0.1) is 41.0 Å². The van der Waals surface area contributed by atoms with Gasteiger partial charge in [-0.25, -0.2) is 0 Å². The fourth-order valence-corrected chi connectivity index (χ4v) is 5.82. The normalized spacial score (nSPS) is 18.5. The molecule has 0 radical (unpaired) electrons. The summed E-state index contributed by atoms with van der Waals surface area (Å²) in [7, 11) is 0. The zero-order valence-corrected chi connectivity index (χ0v) is 23.1. The first-order valence-corrected chi connectivity index (χ1v) is 14.4. The second-order valence-corrected chi connectivity index (χ2v) is 11.1. The summed E-state index contributed by atoms with van der Waals surface area (Å²) < 4.78 is 13.4. The lowest BCUT2D eigenvalue weighted by molar-refractivity contribution is -0.138. The third-order valence-corrected chi connectivity index (χ3v) is 8.25. The Morgan fingerprint density at radius 1 is 1.20 bits per heavy atom. The highest BCUT2D eigenvalue weighted by atomic mass is 32.2. The smallest absolute Gasteiger partial charge is 0.305 e. The number of carboxylic acids is 1. The summed E-state index contributed by atoms with van der Waals surface area (Å²) in [6.07, 6.45) is 7.57. The van der Waals surface area contributed by atoms with E-state index in [2.05, 4.69) is 15.6 Å². The number of pyridine rings is 1. The van der Waals surface area contributed by atoms with Gasteiger partial charge in [0, 0.05) is 37.5 Å². The maximum Gasteiger partial charge on any atom is 0.305 e. The van der Waals surface area contributed by atoms with Gasteiger partial charge < -0.3 is 20.6 Å². The number of amides is 2. The van der Waals surface area contributed by atoms with Crippen LogP contribution in [-0.4, -0.2) is 59.0 Å². The van der Waals surface area contributed by atoms with Gasteiger partial charge in [0.15, 0.2) is 0 Å². The van der Waals surface area contributed by atoms with Crippen molar-refractivity contribution in [3.05, 3.63) is 47.8 Å². The standard InChI is InChI=1S/C29H34FN5O4S/c30-40-26-13-20(4-5-21(26)15-31)23-12-24(17-33-16-23)25(14-28(37)38)34-29(39)22-2-1-11-35(18-22)27(36)6-3-19-7-9-32-10-8-19/h4-5,12-13,16-17,19,22,25,32H,1-3,6-11,14,18H2,(H,34,39)(H,37,38). The third kappa shape index (κ3) is 7.79. The molecule has 2 amide bonds. The Hall–Kier alpha value is -3.49. The number of aromatic nitrogens is 1. The number of nitriles is 1. The third-order valence-electron chi connectivity index (χ3n) is 7.75. The average Bonchev–Trinajstić information content (AvgIpc) is 2.99. The van der Waals surface area contributed by atoms with Gasteiger partial charge in [0.1, 0.15) is 6.07 Å². The predicted octanol–water partition coefficient (Wildman–Crippen LogP) is 4.25. The van der Waals surface area contributed by atoms with E-state index in [1.807, 2.05) is 6.07 Å². The van der Waals surface area contributed by atoms with Crippen molar-refractivity contribution in [1.29, 1.82) is 5.26 Å². The molecule has 40 heavy (non-hydrogen) atoms. The molecular weight excluding hydrogens is 533 g/mol. The number of nitrogens with zero attached hydrogens (tertiary/aromatic N) is 3. The molecule has 0 spiro atoms. The SMILES string of the molecule is N#Cc1ccc(-c2cncc(C(CC(=O)O)NC(=O)C3CCCN(C(=O)CCC4CCNCC4)C3)c2)cc1SF. The molecule has 212 valence electrons. The maximum absolute atomic E-state index is 13.4. The maximum atomic E-state index is 13.4. The van der Waals surface area contributed by atoms with Crippen LogP contribution >= 0.6 is 12.1 Å². The van der Waals surface area contributed by atoms with Gasteiger partial charge >= 0.3 is 5.97 Å². The highest BCUT2D eigenvalue weighted by Crippen LogP contribution is 2.31. The van der Waals surface area contributed by atoms with Crippen LogP contribution in [0.25, 0.3) is 11.1 Å². The van der Waals surface area contributed by atoms with Crippen molar-refractivity contribution in [1.82, 2.24) is 20.5 Å². The molecular formula is C29H34FN5O4S. The molecule has 2 aliphatic heterocycles. The van der Waals surface area contributed by atoms with Gasteiger partial charge in [-0.05, 0) is 80.4 Å². The number of carbonyl (C=O) groups is 3. The summed E-state index contributed by atoms with van der Waals surface area (Å²) in [6, 6.07) is 7.54. The fourth-order valence-electron chi connectivity index (χ4n) is 5.45. The summed E-state index contributed by atoms with van der Waals surface area (Å²) in [5.74, 6) is -1.16. The largest absolute Gasteiger partial charge is 0.481 e. The number of nitrogens with one attached hydrogen (secondary N) is 2. The molecule has 2 saturated heterocycles. The van der Waals surface area contributed by atoms with Crippen molar-refractivity contribution in [2.45, 2.75) is 55.9 Å². The van der Waals surface area contributed by atoms with Crippen LogP contribution in [0, 0.1) is 23.2 Å². The molecule has 2 fully saturated rings. The molecule has 2 atom stereocenters. The molecule has 2 aromatic rings. The van der Waals surface area contributed by atoms with Crippen molar-refractivity contribution in [2.24, 2.45) is 11.8 Å². The van der Waals surface area contributed by atoms with Gasteiger partial charge in [-0.2, -0.15) is 9.15 Å². The summed E-state index contributed by atoms with van der Waals surface area (Å²) in [4.78, 5) is 44.1. The van der Waals surface area contributed by atoms with E-state index in [9.17, 15) is 23.4 Å². The zero-order valence-electron chi connectivity index (χ0n) is 22.3. The topological polar surface area (TPSA) is 135 Å². The number of rotatable bonds is 10. The van der Waals surface area contributed by atoms with E-state index in [4.69, 9.17) is 5.26 Å². The minimum atomic E-state index is -1.08. The molecule has 4 rings (SSSR count). The Morgan fingerprint density at radius 2 is 2.00 bits per heavy atom. The van der Waals surface area contributed by atoms with Crippen molar-refractivity contribution in [3.63, 3.8) is 0 Å². The lowest BCUT2D eigenvalue weighted by Crippen LogP contribution is -2.46. The Bertz CT molecular complexity index is 1260.